The zero-order valence-corrected chi connectivity index (χ0v) is 34.7. The smallest absolute Gasteiger partial charge is 0.128 e. The zero-order chi connectivity index (χ0) is 40.1. The fourth-order valence-electron chi connectivity index (χ4n) is 6.74. The summed E-state index contributed by atoms with van der Waals surface area (Å²) in [5.74, 6) is 2.77. The van der Waals surface area contributed by atoms with Crippen LogP contribution in [0.5, 0.6) is 23.0 Å². The number of hydrogen-bond acceptors (Lipinski definition) is 8. The number of unbranched alkanes of at least 4 members (excludes halogenated alkanes) is 18. The van der Waals surface area contributed by atoms with E-state index in [9.17, 15) is 20.4 Å². The molecule has 0 spiro atoms. The zero-order valence-electron chi connectivity index (χ0n) is 34.7. The first kappa shape index (κ1) is 47.1. The number of aliphatic hydroxyl groups is 4. The van der Waals surface area contributed by atoms with Gasteiger partial charge >= 0.3 is 0 Å². The molecule has 0 radical (unpaired) electrons. The maximum absolute atomic E-state index is 9.76. The molecule has 0 aliphatic heterocycles. The fourth-order valence-corrected chi connectivity index (χ4v) is 6.74. The molecular weight excluding hydrogens is 705 g/mol. The van der Waals surface area contributed by atoms with Crippen molar-refractivity contribution in [1.29, 1.82) is 0 Å². The molecule has 0 bridgehead atoms. The summed E-state index contributed by atoms with van der Waals surface area (Å²) in [4.78, 5) is 0. The van der Waals surface area contributed by atoms with Gasteiger partial charge in [-0.3, -0.25) is 0 Å². The highest BCUT2D eigenvalue weighted by molar-refractivity contribution is 5.81. The van der Waals surface area contributed by atoms with Crippen LogP contribution in [0.1, 0.15) is 142 Å². The Hall–Kier alpha value is -3.30. The van der Waals surface area contributed by atoms with E-state index in [1.165, 1.54) is 103 Å². The van der Waals surface area contributed by atoms with E-state index in [0.717, 1.165) is 59.4 Å². The largest absolute Gasteiger partial charge is 0.493 e. The summed E-state index contributed by atoms with van der Waals surface area (Å²) in [6.45, 7) is 5.07. The van der Waals surface area contributed by atoms with Gasteiger partial charge in [0.2, 0.25) is 0 Å². The summed E-state index contributed by atoms with van der Waals surface area (Å²) in [5.41, 5.74) is 3.77. The van der Waals surface area contributed by atoms with Crippen molar-refractivity contribution in [2.45, 2.75) is 154 Å². The molecule has 4 N–H and O–H groups in total. The maximum atomic E-state index is 9.76. The van der Waals surface area contributed by atoms with Crippen molar-refractivity contribution in [3.8, 4) is 45.3 Å². The summed E-state index contributed by atoms with van der Waals surface area (Å²) in [6, 6.07) is 19.6. The third-order valence-corrected chi connectivity index (χ3v) is 10.2. The van der Waals surface area contributed by atoms with E-state index in [2.05, 4.69) is 26.0 Å². The predicted octanol–water partition coefficient (Wildman–Crippen LogP) is 11.1. The third kappa shape index (κ3) is 19.2. The summed E-state index contributed by atoms with van der Waals surface area (Å²) < 4.78 is 24.6. The van der Waals surface area contributed by atoms with Gasteiger partial charge in [-0.1, -0.05) is 154 Å². The lowest BCUT2D eigenvalue weighted by Crippen LogP contribution is -2.21. The highest BCUT2D eigenvalue weighted by Crippen LogP contribution is 2.42. The molecule has 0 aromatic heterocycles. The Balaban J connectivity index is 1.78. The number of ether oxygens (including phenoxy) is 4. The molecule has 8 heteroatoms. The van der Waals surface area contributed by atoms with Crippen LogP contribution in [0.25, 0.3) is 22.3 Å². The minimum Gasteiger partial charge on any atom is -0.493 e. The quantitative estimate of drug-likeness (QED) is 0.0443. The second-order valence-electron chi connectivity index (χ2n) is 15.2. The Kier molecular flexibility index (Phi) is 25.1. The van der Waals surface area contributed by atoms with Crippen molar-refractivity contribution in [2.24, 2.45) is 0 Å². The Labute approximate surface area is 338 Å². The minimum absolute atomic E-state index is 0.0144. The van der Waals surface area contributed by atoms with Gasteiger partial charge in [-0.25, -0.2) is 0 Å². The van der Waals surface area contributed by atoms with Gasteiger partial charge in [0.1, 0.15) is 48.4 Å². The van der Waals surface area contributed by atoms with Gasteiger partial charge in [0, 0.05) is 11.1 Å². The second kappa shape index (κ2) is 29.9. The summed E-state index contributed by atoms with van der Waals surface area (Å²) in [6.07, 6.45) is 23.3. The van der Waals surface area contributed by atoms with E-state index in [-0.39, 0.29) is 26.4 Å². The van der Waals surface area contributed by atoms with Gasteiger partial charge < -0.3 is 39.4 Å². The van der Waals surface area contributed by atoms with Crippen molar-refractivity contribution in [1.82, 2.24) is 0 Å². The molecule has 56 heavy (non-hydrogen) atoms. The van der Waals surface area contributed by atoms with Gasteiger partial charge in [0.05, 0.1) is 26.4 Å². The van der Waals surface area contributed by atoms with Crippen LogP contribution < -0.4 is 18.9 Å². The first-order valence-electron chi connectivity index (χ1n) is 22.0. The molecule has 2 unspecified atom stereocenters. The fraction of sp³-hybridized carbons (Fsp3) is 0.625. The summed E-state index contributed by atoms with van der Waals surface area (Å²) >= 11 is 0. The van der Waals surface area contributed by atoms with Crippen LogP contribution in [0.2, 0.25) is 0 Å². The number of benzene rings is 3. The first-order chi connectivity index (χ1) is 27.5. The van der Waals surface area contributed by atoms with E-state index in [4.69, 9.17) is 18.9 Å². The highest BCUT2D eigenvalue weighted by atomic mass is 16.5. The molecule has 0 aliphatic carbocycles. The van der Waals surface area contributed by atoms with Crippen LogP contribution in [0, 0.1) is 0 Å². The molecule has 8 nitrogen and oxygen atoms in total. The Morgan fingerprint density at radius 2 is 0.714 bits per heavy atom. The molecule has 0 amide bonds. The molecular formula is C48H74O8. The Morgan fingerprint density at radius 1 is 0.411 bits per heavy atom. The molecule has 0 saturated carbocycles. The van der Waals surface area contributed by atoms with E-state index < -0.39 is 12.2 Å². The van der Waals surface area contributed by atoms with Gasteiger partial charge in [-0.15, -0.1) is 0 Å². The maximum Gasteiger partial charge on any atom is 0.128 e. The lowest BCUT2D eigenvalue weighted by atomic mass is 9.97. The summed E-state index contributed by atoms with van der Waals surface area (Å²) in [5, 5.41) is 37.9. The topological polar surface area (TPSA) is 118 Å². The van der Waals surface area contributed by atoms with Crippen molar-refractivity contribution in [2.75, 3.05) is 39.6 Å². The van der Waals surface area contributed by atoms with Crippen LogP contribution in [-0.2, 0) is 0 Å². The van der Waals surface area contributed by atoms with E-state index in [1.54, 1.807) is 0 Å². The molecule has 0 saturated heterocycles. The second-order valence-corrected chi connectivity index (χ2v) is 15.2. The molecule has 0 aliphatic rings. The van der Waals surface area contributed by atoms with Crippen LogP contribution in [0.3, 0.4) is 0 Å². The SMILES string of the molecule is CCCCCCCCCCCCOc1cc(-c2ccc(OCC(O)CO)cc2)c(OCCCCCCCCCCCC)cc1-c1ccc(OCC(O)CO)cc1. The van der Waals surface area contributed by atoms with Crippen LogP contribution >= 0.6 is 0 Å². The number of hydrogen-bond donors (Lipinski definition) is 4. The van der Waals surface area contributed by atoms with E-state index in [1.807, 2.05) is 48.5 Å². The molecule has 0 fully saturated rings. The highest BCUT2D eigenvalue weighted by Gasteiger charge is 2.17. The normalized spacial score (nSPS) is 12.4. The molecule has 2 atom stereocenters. The lowest BCUT2D eigenvalue weighted by molar-refractivity contribution is 0.0536. The van der Waals surface area contributed by atoms with Crippen LogP contribution in [0.4, 0.5) is 0 Å². The van der Waals surface area contributed by atoms with Crippen molar-refractivity contribution in [3.63, 3.8) is 0 Å². The molecule has 0 heterocycles. The average molecular weight is 779 g/mol. The van der Waals surface area contributed by atoms with Gasteiger partial charge in [-0.05, 0) is 60.4 Å². The monoisotopic (exact) mass is 779 g/mol. The third-order valence-electron chi connectivity index (χ3n) is 10.2. The van der Waals surface area contributed by atoms with Gasteiger partial charge in [0.25, 0.3) is 0 Å². The van der Waals surface area contributed by atoms with Crippen molar-refractivity contribution >= 4 is 0 Å². The van der Waals surface area contributed by atoms with Gasteiger partial charge in [0.15, 0.2) is 0 Å². The molecule has 314 valence electrons. The van der Waals surface area contributed by atoms with Gasteiger partial charge in [-0.2, -0.15) is 0 Å². The lowest BCUT2D eigenvalue weighted by Gasteiger charge is -2.19. The van der Waals surface area contributed by atoms with E-state index >= 15 is 0 Å². The Morgan fingerprint density at radius 3 is 1.02 bits per heavy atom. The predicted molar refractivity (Wildman–Crippen MR) is 229 cm³/mol. The number of rotatable bonds is 34. The first-order valence-corrected chi connectivity index (χ1v) is 22.0. The molecule has 3 aromatic rings. The van der Waals surface area contributed by atoms with E-state index in [0.29, 0.717) is 24.7 Å². The minimum atomic E-state index is -0.934. The van der Waals surface area contributed by atoms with Crippen molar-refractivity contribution < 1.29 is 39.4 Å². The Bertz CT molecular complexity index is 1290. The summed E-state index contributed by atoms with van der Waals surface area (Å²) in [7, 11) is 0. The number of aliphatic hydroxyl groups excluding tert-OH is 4. The molecule has 3 rings (SSSR count). The van der Waals surface area contributed by atoms with Crippen LogP contribution in [0.15, 0.2) is 60.7 Å². The molecule has 3 aromatic carbocycles. The average Bonchev–Trinajstić information content (AvgIpc) is 3.23. The standard InChI is InChI=1S/C48H74O8/c1-3-5-7-9-11-13-15-17-19-21-31-53-47-33-46(40-25-29-44(30-26-40)56-38-42(52)36-50)48(54-32-22-20-18-16-14-12-10-8-6-4-2)34-45(47)39-23-27-43(28-24-39)55-37-41(51)35-49/h23-30,33-34,41-42,49-52H,3-22,31-32,35-38H2,1-2H3. The van der Waals surface area contributed by atoms with Crippen molar-refractivity contribution in [3.05, 3.63) is 60.7 Å². The van der Waals surface area contributed by atoms with Crippen LogP contribution in [-0.4, -0.2) is 72.3 Å².